The third-order valence-electron chi connectivity index (χ3n) is 3.30. The van der Waals surface area contributed by atoms with Crippen molar-refractivity contribution in [2.75, 3.05) is 20.1 Å². The van der Waals surface area contributed by atoms with Gasteiger partial charge in [-0.15, -0.1) is 0 Å². The van der Waals surface area contributed by atoms with Crippen LogP contribution in [0.25, 0.3) is 0 Å². The molecule has 1 fully saturated rings. The summed E-state index contributed by atoms with van der Waals surface area (Å²) in [5, 5.41) is 8.80. The Labute approximate surface area is 93.7 Å². The van der Waals surface area contributed by atoms with E-state index in [1.165, 1.54) is 0 Å². The number of hydrogen-bond donors (Lipinski definition) is 0. The molecule has 0 bridgehead atoms. The molecule has 0 saturated carbocycles. The van der Waals surface area contributed by atoms with Crippen molar-refractivity contribution in [3.05, 3.63) is 0 Å². The number of likely N-dealkylation sites (N-methyl/N-ethyl adjacent to an activating group) is 1. The molecule has 0 aromatic carbocycles. The highest BCUT2D eigenvalue weighted by Crippen LogP contribution is 2.24. The van der Waals surface area contributed by atoms with Crippen LogP contribution in [0.1, 0.15) is 34.1 Å². The predicted molar refractivity (Wildman–Crippen MR) is 62.6 cm³/mol. The molecule has 1 rings (SSSR count). The highest BCUT2D eigenvalue weighted by Gasteiger charge is 2.34. The van der Waals surface area contributed by atoms with Gasteiger partial charge in [0.1, 0.15) is 0 Å². The standard InChI is InChI=1S/C12H23N3/c1-10-8-14(5)11(6-7-13)9-15(10)12(2,3)4/h10-11H,6,8-9H2,1-5H3. The molecule has 0 N–H and O–H groups in total. The fourth-order valence-electron chi connectivity index (χ4n) is 2.47. The second kappa shape index (κ2) is 4.51. The average Bonchev–Trinajstić information content (AvgIpc) is 2.07. The molecule has 1 aliphatic heterocycles. The van der Waals surface area contributed by atoms with Gasteiger partial charge in [0.05, 0.1) is 12.5 Å². The van der Waals surface area contributed by atoms with E-state index in [2.05, 4.69) is 50.6 Å². The van der Waals surface area contributed by atoms with Crippen LogP contribution in [0.5, 0.6) is 0 Å². The minimum absolute atomic E-state index is 0.203. The van der Waals surface area contributed by atoms with E-state index in [0.29, 0.717) is 18.5 Å². The molecule has 0 aliphatic carbocycles. The number of rotatable bonds is 1. The molecule has 0 amide bonds. The normalized spacial score (nSPS) is 30.1. The molecule has 1 heterocycles. The van der Waals surface area contributed by atoms with Crippen molar-refractivity contribution in [2.45, 2.75) is 51.7 Å². The summed E-state index contributed by atoms with van der Waals surface area (Å²) in [6.45, 7) is 11.1. The van der Waals surface area contributed by atoms with Crippen LogP contribution in [0.3, 0.4) is 0 Å². The van der Waals surface area contributed by atoms with Crippen LogP contribution in [0.2, 0.25) is 0 Å². The zero-order valence-corrected chi connectivity index (χ0v) is 10.6. The summed E-state index contributed by atoms with van der Waals surface area (Å²) in [6.07, 6.45) is 0.635. The van der Waals surface area contributed by atoms with Crippen molar-refractivity contribution in [1.29, 1.82) is 5.26 Å². The fourth-order valence-corrected chi connectivity index (χ4v) is 2.47. The van der Waals surface area contributed by atoms with Crippen molar-refractivity contribution in [2.24, 2.45) is 0 Å². The summed E-state index contributed by atoms with van der Waals surface area (Å²) in [7, 11) is 2.12. The van der Waals surface area contributed by atoms with Gasteiger partial charge in [-0.25, -0.2) is 0 Å². The molecule has 3 heteroatoms. The molecule has 86 valence electrons. The lowest BCUT2D eigenvalue weighted by atomic mass is 9.97. The van der Waals surface area contributed by atoms with E-state index < -0.39 is 0 Å². The van der Waals surface area contributed by atoms with Crippen molar-refractivity contribution in [3.63, 3.8) is 0 Å². The van der Waals surface area contributed by atoms with Gasteiger partial charge in [0, 0.05) is 30.7 Å². The second-order valence-electron chi connectivity index (χ2n) is 5.63. The Morgan fingerprint density at radius 1 is 1.33 bits per heavy atom. The Hall–Kier alpha value is -0.590. The van der Waals surface area contributed by atoms with E-state index in [-0.39, 0.29) is 5.54 Å². The largest absolute Gasteiger partial charge is 0.300 e. The summed E-state index contributed by atoms with van der Waals surface area (Å²) in [4.78, 5) is 4.82. The summed E-state index contributed by atoms with van der Waals surface area (Å²) in [6, 6.07) is 3.25. The molecule has 2 atom stereocenters. The Morgan fingerprint density at radius 3 is 2.40 bits per heavy atom. The first kappa shape index (κ1) is 12.5. The van der Waals surface area contributed by atoms with Gasteiger partial charge in [-0.2, -0.15) is 5.26 Å². The van der Waals surface area contributed by atoms with E-state index in [1.807, 2.05) is 0 Å². The maximum Gasteiger partial charge on any atom is 0.0638 e. The van der Waals surface area contributed by atoms with Crippen LogP contribution in [0.15, 0.2) is 0 Å². The zero-order valence-electron chi connectivity index (χ0n) is 10.6. The van der Waals surface area contributed by atoms with Crippen LogP contribution < -0.4 is 0 Å². The quantitative estimate of drug-likeness (QED) is 0.658. The lowest BCUT2D eigenvalue weighted by molar-refractivity contribution is -0.00410. The summed E-state index contributed by atoms with van der Waals surface area (Å²) in [5.74, 6) is 0. The summed E-state index contributed by atoms with van der Waals surface area (Å²) < 4.78 is 0. The maximum absolute atomic E-state index is 8.80. The molecule has 3 nitrogen and oxygen atoms in total. The lowest BCUT2D eigenvalue weighted by Crippen LogP contribution is -2.61. The van der Waals surface area contributed by atoms with Crippen molar-refractivity contribution < 1.29 is 0 Å². The third kappa shape index (κ3) is 2.93. The summed E-state index contributed by atoms with van der Waals surface area (Å²) >= 11 is 0. The topological polar surface area (TPSA) is 30.3 Å². The van der Waals surface area contributed by atoms with Gasteiger partial charge in [-0.05, 0) is 34.7 Å². The molecule has 15 heavy (non-hydrogen) atoms. The van der Waals surface area contributed by atoms with Crippen LogP contribution in [0, 0.1) is 11.3 Å². The number of piperazine rings is 1. The van der Waals surface area contributed by atoms with Crippen molar-refractivity contribution in [3.8, 4) is 6.07 Å². The maximum atomic E-state index is 8.80. The SMILES string of the molecule is CC1CN(C)C(CC#N)CN1C(C)(C)C. The highest BCUT2D eigenvalue weighted by molar-refractivity contribution is 4.94. The molecule has 0 radical (unpaired) electrons. The smallest absolute Gasteiger partial charge is 0.0638 e. The Kier molecular flexibility index (Phi) is 3.75. The Morgan fingerprint density at radius 2 is 1.93 bits per heavy atom. The molecule has 0 spiro atoms. The zero-order chi connectivity index (χ0) is 11.6. The second-order valence-corrected chi connectivity index (χ2v) is 5.63. The summed E-state index contributed by atoms with van der Waals surface area (Å²) in [5.41, 5.74) is 0.203. The Balaban J connectivity index is 2.72. The molecule has 0 aromatic rings. The highest BCUT2D eigenvalue weighted by atomic mass is 15.3. The molecular formula is C12H23N3. The first-order valence-corrected chi connectivity index (χ1v) is 5.70. The first-order valence-electron chi connectivity index (χ1n) is 5.70. The van der Waals surface area contributed by atoms with Gasteiger partial charge < -0.3 is 0 Å². The van der Waals surface area contributed by atoms with Gasteiger partial charge in [0.25, 0.3) is 0 Å². The molecule has 0 aromatic heterocycles. The van der Waals surface area contributed by atoms with Crippen molar-refractivity contribution in [1.82, 2.24) is 9.80 Å². The Bertz CT molecular complexity index is 249. The van der Waals surface area contributed by atoms with E-state index in [4.69, 9.17) is 5.26 Å². The minimum Gasteiger partial charge on any atom is -0.300 e. The van der Waals surface area contributed by atoms with Crippen LogP contribution in [0.4, 0.5) is 0 Å². The lowest BCUT2D eigenvalue weighted by Gasteiger charge is -2.49. The van der Waals surface area contributed by atoms with Gasteiger partial charge in [-0.1, -0.05) is 0 Å². The van der Waals surface area contributed by atoms with E-state index in [9.17, 15) is 0 Å². The third-order valence-corrected chi connectivity index (χ3v) is 3.30. The monoisotopic (exact) mass is 209 g/mol. The molecule has 1 saturated heterocycles. The minimum atomic E-state index is 0.203. The predicted octanol–water partition coefficient (Wildman–Crippen LogP) is 1.70. The number of nitrogens with zero attached hydrogens (tertiary/aromatic N) is 3. The fraction of sp³-hybridized carbons (Fsp3) is 0.917. The van der Waals surface area contributed by atoms with E-state index in [1.54, 1.807) is 0 Å². The van der Waals surface area contributed by atoms with E-state index >= 15 is 0 Å². The van der Waals surface area contributed by atoms with Gasteiger partial charge in [-0.3, -0.25) is 9.80 Å². The van der Waals surface area contributed by atoms with Crippen LogP contribution >= 0.6 is 0 Å². The van der Waals surface area contributed by atoms with Crippen LogP contribution in [-0.4, -0.2) is 47.6 Å². The molecular weight excluding hydrogens is 186 g/mol. The van der Waals surface area contributed by atoms with Crippen molar-refractivity contribution >= 4 is 0 Å². The van der Waals surface area contributed by atoms with E-state index in [0.717, 1.165) is 13.1 Å². The van der Waals surface area contributed by atoms with Crippen LogP contribution in [-0.2, 0) is 0 Å². The van der Waals surface area contributed by atoms with Gasteiger partial charge in [0.15, 0.2) is 0 Å². The number of hydrogen-bond acceptors (Lipinski definition) is 3. The molecule has 2 unspecified atom stereocenters. The first-order chi connectivity index (χ1) is 6.86. The van der Waals surface area contributed by atoms with Gasteiger partial charge in [0.2, 0.25) is 0 Å². The van der Waals surface area contributed by atoms with Gasteiger partial charge >= 0.3 is 0 Å². The average molecular weight is 209 g/mol. The molecule has 1 aliphatic rings. The number of nitriles is 1.